The number of rotatable bonds is 6. The first-order valence-corrected chi connectivity index (χ1v) is 9.66. The molecule has 1 fully saturated rings. The van der Waals surface area contributed by atoms with Crippen LogP contribution in [-0.2, 0) is 24.2 Å². The second kappa shape index (κ2) is 8.15. The Kier molecular flexibility index (Phi) is 5.93. The number of likely N-dealkylation sites (tertiary alicyclic amines) is 1. The molecule has 1 N–H and O–H groups in total. The maximum atomic E-state index is 12.5. The van der Waals surface area contributed by atoms with Gasteiger partial charge in [0.05, 0.1) is 5.92 Å². The van der Waals surface area contributed by atoms with Gasteiger partial charge in [0.25, 0.3) is 0 Å². The van der Waals surface area contributed by atoms with Crippen molar-refractivity contribution in [2.45, 2.75) is 77.8 Å². The van der Waals surface area contributed by atoms with Crippen LogP contribution in [0.3, 0.4) is 0 Å². The molecule has 5 nitrogen and oxygen atoms in total. The van der Waals surface area contributed by atoms with Crippen molar-refractivity contribution in [1.29, 1.82) is 0 Å². The summed E-state index contributed by atoms with van der Waals surface area (Å²) in [4.78, 5) is 14.9. The average Bonchev–Trinajstić information content (AvgIpc) is 2.98. The third kappa shape index (κ3) is 4.18. The lowest BCUT2D eigenvalue weighted by Gasteiger charge is -2.32. The first-order chi connectivity index (χ1) is 11.7. The van der Waals surface area contributed by atoms with Crippen LogP contribution < -0.4 is 5.32 Å². The minimum atomic E-state index is 0.112. The van der Waals surface area contributed by atoms with Gasteiger partial charge in [-0.25, -0.2) is 0 Å². The number of aryl methyl sites for hydroxylation is 1. The zero-order valence-corrected chi connectivity index (χ0v) is 15.1. The summed E-state index contributed by atoms with van der Waals surface area (Å²) in [6.45, 7) is 6.97. The van der Waals surface area contributed by atoms with E-state index in [0.29, 0.717) is 0 Å². The van der Waals surface area contributed by atoms with E-state index in [1.807, 2.05) is 0 Å². The molecule has 2 heterocycles. The standard InChI is InChI=1S/C19H31N3O2/c1-3-7-14(2)20-19(23)15-8-6-11-22(12-15)13-17-16-9-4-5-10-18(16)24-21-17/h14-15H,3-13H2,1-2H3,(H,20,23)/t14-,15-/m1/s1. The zero-order chi connectivity index (χ0) is 16.9. The van der Waals surface area contributed by atoms with Gasteiger partial charge in [-0.15, -0.1) is 0 Å². The van der Waals surface area contributed by atoms with Crippen molar-refractivity contribution in [3.05, 3.63) is 17.0 Å². The van der Waals surface area contributed by atoms with Crippen molar-refractivity contribution in [3.63, 3.8) is 0 Å². The molecule has 24 heavy (non-hydrogen) atoms. The van der Waals surface area contributed by atoms with E-state index in [-0.39, 0.29) is 17.9 Å². The van der Waals surface area contributed by atoms with Gasteiger partial charge < -0.3 is 9.84 Å². The van der Waals surface area contributed by atoms with Crippen LogP contribution >= 0.6 is 0 Å². The molecule has 0 aromatic carbocycles. The normalized spacial score (nSPS) is 22.8. The number of nitrogens with zero attached hydrogens (tertiary/aromatic N) is 2. The molecule has 0 unspecified atom stereocenters. The largest absolute Gasteiger partial charge is 0.361 e. The predicted octanol–water partition coefficient (Wildman–Crippen LogP) is 3.07. The van der Waals surface area contributed by atoms with Gasteiger partial charge in [-0.2, -0.15) is 0 Å². The highest BCUT2D eigenvalue weighted by Crippen LogP contribution is 2.26. The molecule has 1 saturated heterocycles. The van der Waals surface area contributed by atoms with Gasteiger partial charge in [0.2, 0.25) is 5.91 Å². The molecular weight excluding hydrogens is 302 g/mol. The summed E-state index contributed by atoms with van der Waals surface area (Å²) in [7, 11) is 0. The van der Waals surface area contributed by atoms with Gasteiger partial charge >= 0.3 is 0 Å². The van der Waals surface area contributed by atoms with E-state index in [0.717, 1.165) is 69.6 Å². The number of carbonyl (C=O) groups is 1. The predicted molar refractivity (Wildman–Crippen MR) is 93.7 cm³/mol. The average molecular weight is 333 g/mol. The molecule has 3 rings (SSSR count). The van der Waals surface area contributed by atoms with Gasteiger partial charge in [-0.3, -0.25) is 9.69 Å². The van der Waals surface area contributed by atoms with Crippen LogP contribution in [0.15, 0.2) is 4.52 Å². The molecule has 0 spiro atoms. The number of fused-ring (bicyclic) bond motifs is 1. The van der Waals surface area contributed by atoms with Crippen molar-refractivity contribution in [2.75, 3.05) is 13.1 Å². The SMILES string of the molecule is CCC[C@@H](C)NC(=O)[C@@H]1CCCN(Cc2noc3c2CCCC3)C1. The lowest BCUT2D eigenvalue weighted by Crippen LogP contribution is -2.45. The molecule has 134 valence electrons. The molecule has 5 heteroatoms. The molecular formula is C19H31N3O2. The number of piperidine rings is 1. The molecule has 0 radical (unpaired) electrons. The van der Waals surface area contributed by atoms with Gasteiger partial charge in [-0.1, -0.05) is 18.5 Å². The minimum Gasteiger partial charge on any atom is -0.361 e. The van der Waals surface area contributed by atoms with Crippen LogP contribution in [0.1, 0.15) is 69.4 Å². The second-order valence-electron chi connectivity index (χ2n) is 7.51. The van der Waals surface area contributed by atoms with Crippen LogP contribution in [0.2, 0.25) is 0 Å². The summed E-state index contributed by atoms with van der Waals surface area (Å²) in [6.07, 6.45) is 8.81. The van der Waals surface area contributed by atoms with Gasteiger partial charge in [0, 0.05) is 31.1 Å². The maximum absolute atomic E-state index is 12.5. The van der Waals surface area contributed by atoms with Crippen molar-refractivity contribution in [3.8, 4) is 0 Å². The molecule has 0 bridgehead atoms. The van der Waals surface area contributed by atoms with Crippen LogP contribution in [0.5, 0.6) is 0 Å². The fraction of sp³-hybridized carbons (Fsp3) is 0.789. The van der Waals surface area contributed by atoms with E-state index in [2.05, 4.69) is 29.2 Å². The van der Waals surface area contributed by atoms with Gasteiger partial charge in [0.15, 0.2) is 0 Å². The second-order valence-corrected chi connectivity index (χ2v) is 7.51. The summed E-state index contributed by atoms with van der Waals surface area (Å²) in [6, 6.07) is 0.278. The Morgan fingerprint density at radius 3 is 3.04 bits per heavy atom. The lowest BCUT2D eigenvalue weighted by atomic mass is 9.94. The van der Waals surface area contributed by atoms with Crippen LogP contribution in [0.25, 0.3) is 0 Å². The molecule has 1 aromatic heterocycles. The molecule has 2 aliphatic rings. The lowest BCUT2D eigenvalue weighted by molar-refractivity contribution is -0.127. The number of nitrogens with one attached hydrogen (secondary N) is 1. The monoisotopic (exact) mass is 333 g/mol. The summed E-state index contributed by atoms with van der Waals surface area (Å²) >= 11 is 0. The van der Waals surface area contributed by atoms with Crippen LogP contribution in [-0.4, -0.2) is 35.1 Å². The zero-order valence-electron chi connectivity index (χ0n) is 15.1. The Hall–Kier alpha value is -1.36. The van der Waals surface area contributed by atoms with Crippen molar-refractivity contribution in [2.24, 2.45) is 5.92 Å². The van der Waals surface area contributed by atoms with E-state index >= 15 is 0 Å². The Balaban J connectivity index is 1.56. The molecule has 1 aliphatic carbocycles. The summed E-state index contributed by atoms with van der Waals surface area (Å²) in [5.41, 5.74) is 2.44. The molecule has 1 amide bonds. The summed E-state index contributed by atoms with van der Waals surface area (Å²) in [5.74, 6) is 1.43. The molecule has 0 saturated carbocycles. The van der Waals surface area contributed by atoms with Crippen molar-refractivity contribution >= 4 is 5.91 Å². The summed E-state index contributed by atoms with van der Waals surface area (Å²) < 4.78 is 5.53. The highest BCUT2D eigenvalue weighted by atomic mass is 16.5. The number of hydrogen-bond acceptors (Lipinski definition) is 4. The molecule has 1 aromatic rings. The first-order valence-electron chi connectivity index (χ1n) is 9.66. The maximum Gasteiger partial charge on any atom is 0.224 e. The molecule has 2 atom stereocenters. The van der Waals surface area contributed by atoms with Crippen molar-refractivity contribution in [1.82, 2.24) is 15.4 Å². The summed E-state index contributed by atoms with van der Waals surface area (Å²) in [5, 5.41) is 7.50. The number of hydrogen-bond donors (Lipinski definition) is 1. The quantitative estimate of drug-likeness (QED) is 0.869. The number of aromatic nitrogens is 1. The van der Waals surface area contributed by atoms with Gasteiger partial charge in [0.1, 0.15) is 11.5 Å². The van der Waals surface area contributed by atoms with E-state index < -0.39 is 0 Å². The Morgan fingerprint density at radius 2 is 2.21 bits per heavy atom. The molecule has 1 aliphatic heterocycles. The topological polar surface area (TPSA) is 58.4 Å². The van der Waals surface area contributed by atoms with E-state index in [1.54, 1.807) is 0 Å². The fourth-order valence-corrected chi connectivity index (χ4v) is 4.06. The van der Waals surface area contributed by atoms with E-state index in [9.17, 15) is 4.79 Å². The minimum absolute atomic E-state index is 0.112. The highest BCUT2D eigenvalue weighted by molar-refractivity contribution is 5.79. The third-order valence-electron chi connectivity index (χ3n) is 5.39. The third-order valence-corrected chi connectivity index (χ3v) is 5.39. The Morgan fingerprint density at radius 1 is 1.38 bits per heavy atom. The Bertz CT molecular complexity index is 555. The van der Waals surface area contributed by atoms with E-state index in [4.69, 9.17) is 4.52 Å². The first kappa shape index (κ1) is 17.5. The van der Waals surface area contributed by atoms with Crippen LogP contribution in [0, 0.1) is 5.92 Å². The smallest absolute Gasteiger partial charge is 0.224 e. The Labute approximate surface area is 145 Å². The van der Waals surface area contributed by atoms with E-state index in [1.165, 1.54) is 18.4 Å². The number of amides is 1. The highest BCUT2D eigenvalue weighted by Gasteiger charge is 2.28. The fourth-order valence-electron chi connectivity index (χ4n) is 4.06. The number of carbonyl (C=O) groups excluding carboxylic acids is 1. The van der Waals surface area contributed by atoms with Gasteiger partial charge in [-0.05, 0) is 52.0 Å². The van der Waals surface area contributed by atoms with Crippen molar-refractivity contribution < 1.29 is 9.32 Å². The van der Waals surface area contributed by atoms with Crippen LogP contribution in [0.4, 0.5) is 0 Å².